The van der Waals surface area contributed by atoms with Crippen LogP contribution in [-0.2, 0) is 4.79 Å². The van der Waals surface area contributed by atoms with Gasteiger partial charge in [-0.3, -0.25) is 4.79 Å². The van der Waals surface area contributed by atoms with E-state index >= 15 is 0 Å². The van der Waals surface area contributed by atoms with E-state index in [0.29, 0.717) is 17.1 Å². The van der Waals surface area contributed by atoms with Crippen LogP contribution in [0.2, 0.25) is 0 Å². The highest BCUT2D eigenvalue weighted by atomic mass is 32.1. The molecule has 3 heterocycles. The summed E-state index contributed by atoms with van der Waals surface area (Å²) in [5, 5.41) is 9.87. The van der Waals surface area contributed by atoms with Gasteiger partial charge in [0.05, 0.1) is 11.7 Å². The van der Waals surface area contributed by atoms with Crippen molar-refractivity contribution in [2.75, 3.05) is 17.2 Å². The van der Waals surface area contributed by atoms with Crippen molar-refractivity contribution in [2.45, 2.75) is 31.9 Å². The number of hydrogen-bond acceptors (Lipinski definition) is 4. The van der Waals surface area contributed by atoms with Crippen LogP contribution in [0.4, 0.5) is 16.2 Å². The van der Waals surface area contributed by atoms with Crippen LogP contribution in [-0.4, -0.2) is 29.5 Å². The van der Waals surface area contributed by atoms with Gasteiger partial charge in [-0.25, -0.2) is 4.79 Å². The lowest BCUT2D eigenvalue weighted by Gasteiger charge is -2.26. The van der Waals surface area contributed by atoms with E-state index in [2.05, 4.69) is 22.1 Å². The number of hydrogen-bond donors (Lipinski definition) is 2. The Morgan fingerprint density at radius 1 is 1.40 bits per heavy atom. The van der Waals surface area contributed by atoms with Gasteiger partial charge in [-0.05, 0) is 60.4 Å². The first-order valence-electron chi connectivity index (χ1n) is 8.33. The van der Waals surface area contributed by atoms with Crippen molar-refractivity contribution in [1.29, 1.82) is 0 Å². The van der Waals surface area contributed by atoms with Gasteiger partial charge >= 0.3 is 6.03 Å². The number of amides is 3. The number of nitrogens with one attached hydrogen (secondary N) is 2. The zero-order valence-corrected chi connectivity index (χ0v) is 14.6. The first kappa shape index (κ1) is 16.0. The number of likely N-dealkylation sites (tertiary alicyclic amines) is 1. The highest BCUT2D eigenvalue weighted by Crippen LogP contribution is 2.35. The second kappa shape index (κ2) is 6.40. The molecule has 2 N–H and O–H groups in total. The number of ether oxygens (including phenoxy) is 1. The van der Waals surface area contributed by atoms with Crippen LogP contribution in [0.25, 0.3) is 0 Å². The SMILES string of the molecule is C[C@@H]1Oc2ccc(NC(=O)N3CCC[C@@H]3c3ccsc3)cc2NC1=O. The number of anilines is 2. The molecule has 6 nitrogen and oxygen atoms in total. The lowest BCUT2D eigenvalue weighted by molar-refractivity contribution is -0.122. The highest BCUT2D eigenvalue weighted by molar-refractivity contribution is 7.08. The summed E-state index contributed by atoms with van der Waals surface area (Å²) in [6.07, 6.45) is 1.47. The Balaban J connectivity index is 1.50. The van der Waals surface area contributed by atoms with Crippen LogP contribution in [0, 0.1) is 0 Å². The number of rotatable bonds is 2. The Hall–Kier alpha value is -2.54. The molecule has 4 rings (SSSR count). The van der Waals surface area contributed by atoms with Gasteiger partial charge in [-0.2, -0.15) is 11.3 Å². The largest absolute Gasteiger partial charge is 0.479 e. The summed E-state index contributed by atoms with van der Waals surface area (Å²) in [6.45, 7) is 2.45. The Bertz CT molecular complexity index is 806. The first-order chi connectivity index (χ1) is 12.1. The molecule has 1 fully saturated rings. The molecule has 0 bridgehead atoms. The molecule has 3 amide bonds. The van der Waals surface area contributed by atoms with E-state index < -0.39 is 6.10 Å². The Morgan fingerprint density at radius 3 is 3.08 bits per heavy atom. The van der Waals surface area contributed by atoms with Crippen molar-refractivity contribution in [3.63, 3.8) is 0 Å². The standard InChI is InChI=1S/C18H19N3O3S/c1-11-17(22)20-14-9-13(4-5-16(14)24-11)19-18(23)21-7-2-3-15(21)12-6-8-25-10-12/h4-6,8-11,15H,2-3,7H2,1H3,(H,19,23)(H,20,22)/t11-,15+/m0/s1. The van der Waals surface area contributed by atoms with Crippen molar-refractivity contribution < 1.29 is 14.3 Å². The van der Waals surface area contributed by atoms with Crippen molar-refractivity contribution in [3.8, 4) is 5.75 Å². The van der Waals surface area contributed by atoms with Crippen molar-refractivity contribution in [2.24, 2.45) is 0 Å². The quantitative estimate of drug-likeness (QED) is 0.858. The average molecular weight is 357 g/mol. The molecule has 0 saturated carbocycles. The Morgan fingerprint density at radius 2 is 2.28 bits per heavy atom. The van der Waals surface area contributed by atoms with Gasteiger partial charge in [0.25, 0.3) is 5.91 Å². The average Bonchev–Trinajstić information content (AvgIpc) is 3.27. The Kier molecular flexibility index (Phi) is 4.09. The maximum Gasteiger partial charge on any atom is 0.322 e. The molecule has 2 aromatic rings. The van der Waals surface area contributed by atoms with Crippen LogP contribution in [0.15, 0.2) is 35.0 Å². The van der Waals surface area contributed by atoms with Gasteiger partial charge in [0.2, 0.25) is 0 Å². The Labute approximate surface area is 149 Å². The summed E-state index contributed by atoms with van der Waals surface area (Å²) in [4.78, 5) is 26.3. The molecule has 25 heavy (non-hydrogen) atoms. The monoisotopic (exact) mass is 357 g/mol. The minimum Gasteiger partial charge on any atom is -0.479 e. The van der Waals surface area contributed by atoms with E-state index in [0.717, 1.165) is 19.4 Å². The van der Waals surface area contributed by atoms with E-state index in [1.807, 2.05) is 10.3 Å². The summed E-state index contributed by atoms with van der Waals surface area (Å²) in [7, 11) is 0. The fourth-order valence-electron chi connectivity index (χ4n) is 3.30. The van der Waals surface area contributed by atoms with Crippen LogP contribution in [0.3, 0.4) is 0 Å². The number of carbonyl (C=O) groups is 2. The third kappa shape index (κ3) is 3.07. The molecule has 7 heteroatoms. The molecule has 1 aromatic carbocycles. The minimum absolute atomic E-state index is 0.120. The molecule has 2 atom stereocenters. The molecule has 2 aliphatic heterocycles. The maximum absolute atomic E-state index is 12.7. The summed E-state index contributed by atoms with van der Waals surface area (Å²) in [6, 6.07) is 7.37. The molecule has 0 unspecified atom stereocenters. The topological polar surface area (TPSA) is 70.7 Å². The van der Waals surface area contributed by atoms with Crippen LogP contribution < -0.4 is 15.4 Å². The maximum atomic E-state index is 12.7. The summed E-state index contributed by atoms with van der Waals surface area (Å²) in [5.41, 5.74) is 2.41. The van der Waals surface area contributed by atoms with E-state index in [-0.39, 0.29) is 18.0 Å². The summed E-state index contributed by atoms with van der Waals surface area (Å²) in [5.74, 6) is 0.426. The molecular weight excluding hydrogens is 338 g/mol. The predicted octanol–water partition coefficient (Wildman–Crippen LogP) is 3.84. The first-order valence-corrected chi connectivity index (χ1v) is 9.27. The van der Waals surface area contributed by atoms with E-state index in [1.54, 1.807) is 36.5 Å². The number of thiophene rings is 1. The van der Waals surface area contributed by atoms with Crippen LogP contribution >= 0.6 is 11.3 Å². The highest BCUT2D eigenvalue weighted by Gasteiger charge is 2.30. The molecule has 2 aliphatic rings. The third-order valence-electron chi connectivity index (χ3n) is 4.60. The molecule has 0 spiro atoms. The van der Waals surface area contributed by atoms with Gasteiger partial charge in [0.1, 0.15) is 5.75 Å². The molecular formula is C18H19N3O3S. The number of fused-ring (bicyclic) bond motifs is 1. The van der Waals surface area contributed by atoms with Gasteiger partial charge in [0, 0.05) is 12.2 Å². The van der Waals surface area contributed by atoms with Crippen LogP contribution in [0.5, 0.6) is 5.75 Å². The van der Waals surface area contributed by atoms with E-state index in [4.69, 9.17) is 4.74 Å². The summed E-state index contributed by atoms with van der Waals surface area (Å²) < 4.78 is 5.54. The number of urea groups is 1. The molecule has 1 saturated heterocycles. The second-order valence-corrected chi connectivity index (χ2v) is 7.08. The fraction of sp³-hybridized carbons (Fsp3) is 0.333. The van der Waals surface area contributed by atoms with E-state index in [9.17, 15) is 9.59 Å². The predicted molar refractivity (Wildman–Crippen MR) is 97.2 cm³/mol. The zero-order valence-electron chi connectivity index (χ0n) is 13.8. The summed E-state index contributed by atoms with van der Waals surface area (Å²) >= 11 is 1.65. The number of carbonyl (C=O) groups excluding carboxylic acids is 2. The number of nitrogens with zero attached hydrogens (tertiary/aromatic N) is 1. The molecule has 1 aromatic heterocycles. The van der Waals surface area contributed by atoms with Crippen molar-refractivity contribution >= 4 is 34.6 Å². The van der Waals surface area contributed by atoms with Crippen molar-refractivity contribution in [1.82, 2.24) is 4.90 Å². The molecule has 130 valence electrons. The second-order valence-electron chi connectivity index (χ2n) is 6.30. The smallest absolute Gasteiger partial charge is 0.322 e. The van der Waals surface area contributed by atoms with Gasteiger partial charge in [-0.1, -0.05) is 0 Å². The zero-order chi connectivity index (χ0) is 17.4. The lowest BCUT2D eigenvalue weighted by atomic mass is 10.1. The normalized spacial score (nSPS) is 22.1. The third-order valence-corrected chi connectivity index (χ3v) is 5.30. The van der Waals surface area contributed by atoms with Gasteiger partial charge in [0.15, 0.2) is 6.10 Å². The lowest BCUT2D eigenvalue weighted by Crippen LogP contribution is -2.35. The van der Waals surface area contributed by atoms with Crippen molar-refractivity contribution in [3.05, 3.63) is 40.6 Å². The number of benzene rings is 1. The van der Waals surface area contributed by atoms with Gasteiger partial charge in [-0.15, -0.1) is 0 Å². The molecule has 0 radical (unpaired) electrons. The molecule has 0 aliphatic carbocycles. The van der Waals surface area contributed by atoms with Gasteiger partial charge < -0.3 is 20.3 Å². The van der Waals surface area contributed by atoms with E-state index in [1.165, 1.54) is 5.56 Å². The van der Waals surface area contributed by atoms with Crippen LogP contribution in [0.1, 0.15) is 31.4 Å². The minimum atomic E-state index is -0.510. The fourth-order valence-corrected chi connectivity index (χ4v) is 4.01.